The van der Waals surface area contributed by atoms with Crippen molar-refractivity contribution in [1.82, 2.24) is 4.90 Å². The van der Waals surface area contributed by atoms with E-state index in [0.717, 1.165) is 5.69 Å². The van der Waals surface area contributed by atoms with Gasteiger partial charge in [-0.05, 0) is 69.3 Å². The number of aryl methyl sites for hydroxylation is 1. The first kappa shape index (κ1) is 31.0. The molecule has 3 aliphatic carbocycles. The van der Waals surface area contributed by atoms with Crippen molar-refractivity contribution in [2.24, 2.45) is 17.6 Å². The Balaban J connectivity index is 1.81. The first-order valence-electron chi connectivity index (χ1n) is 13.9. The van der Waals surface area contributed by atoms with Gasteiger partial charge < -0.3 is 35.8 Å². The molecule has 12 heteroatoms. The summed E-state index contributed by atoms with van der Waals surface area (Å²) in [6.45, 7) is 0. The van der Waals surface area contributed by atoms with E-state index in [9.17, 15) is 39.6 Å². The molecule has 1 aromatic carbocycles. The van der Waals surface area contributed by atoms with E-state index in [1.165, 1.54) is 12.0 Å². The Morgan fingerprint density at radius 1 is 1.10 bits per heavy atom. The standard InChI is InChI=1S/C30H39N3O9/c1-32(2)18-13-14(9-7-6-8-10-19(34)42-5)24(35)21-16(18)11-15-12-17-23(33(3)4)26(37)22(29(31)40)28(39)30(17,41)27(38)20(15)25(21)36/h13,15,17,23,35-36,39,41H,6-12H2,1-5H3,(H2,31,40)/t15-,17-,23-,30-/m0/s1. The number of hydrogen-bond acceptors (Lipinski definition) is 11. The topological polar surface area (TPSA) is 191 Å². The molecule has 1 aromatic rings. The molecular formula is C30H39N3O9. The number of esters is 1. The van der Waals surface area contributed by atoms with Gasteiger partial charge in [0.15, 0.2) is 11.4 Å². The van der Waals surface area contributed by atoms with Crippen molar-refractivity contribution in [1.29, 1.82) is 0 Å². The van der Waals surface area contributed by atoms with E-state index in [4.69, 9.17) is 5.73 Å². The summed E-state index contributed by atoms with van der Waals surface area (Å²) in [4.78, 5) is 54.2. The minimum Gasteiger partial charge on any atom is -0.508 e. The number of aliphatic hydroxyl groups excluding tert-OH is 2. The Morgan fingerprint density at radius 2 is 1.76 bits per heavy atom. The molecular weight excluding hydrogens is 546 g/mol. The highest BCUT2D eigenvalue weighted by molar-refractivity contribution is 6.24. The molecule has 0 saturated heterocycles. The van der Waals surface area contributed by atoms with Gasteiger partial charge in [-0.15, -0.1) is 0 Å². The number of methoxy groups -OCH3 is 1. The highest BCUT2D eigenvalue weighted by Gasteiger charge is 2.64. The zero-order valence-corrected chi connectivity index (χ0v) is 24.6. The van der Waals surface area contributed by atoms with Crippen LogP contribution in [0, 0.1) is 11.8 Å². The number of aromatic hydroxyl groups is 1. The van der Waals surface area contributed by atoms with Crippen LogP contribution in [0.3, 0.4) is 0 Å². The van der Waals surface area contributed by atoms with Crippen molar-refractivity contribution >= 4 is 34.9 Å². The third-order valence-corrected chi connectivity index (χ3v) is 8.81. The zero-order valence-electron chi connectivity index (χ0n) is 24.6. The number of benzene rings is 1. The number of likely N-dealkylation sites (N-methyl/N-ethyl adjacent to an activating group) is 1. The van der Waals surface area contributed by atoms with Gasteiger partial charge in [0.25, 0.3) is 5.91 Å². The third kappa shape index (κ3) is 4.82. The summed E-state index contributed by atoms with van der Waals surface area (Å²) in [6, 6.07) is 0.708. The number of nitrogens with zero attached hydrogens (tertiary/aromatic N) is 2. The Kier molecular flexibility index (Phi) is 8.43. The maximum absolute atomic E-state index is 14.1. The van der Waals surface area contributed by atoms with Crippen LogP contribution in [0.15, 0.2) is 23.0 Å². The fourth-order valence-electron chi connectivity index (χ4n) is 6.80. The van der Waals surface area contributed by atoms with Crippen molar-refractivity contribution in [2.75, 3.05) is 40.2 Å². The number of carbonyl (C=O) groups is 4. The fraction of sp³-hybridized carbons (Fsp3) is 0.533. The number of unbranched alkanes of at least 4 members (excludes halogenated alkanes) is 2. The Morgan fingerprint density at radius 3 is 2.33 bits per heavy atom. The predicted molar refractivity (Wildman–Crippen MR) is 153 cm³/mol. The molecule has 42 heavy (non-hydrogen) atoms. The van der Waals surface area contributed by atoms with E-state index in [2.05, 4.69) is 4.74 Å². The van der Waals surface area contributed by atoms with Crippen molar-refractivity contribution < 1.29 is 44.3 Å². The molecule has 3 aliphatic rings. The number of phenolic OH excluding ortho intramolecular Hbond substituents is 1. The van der Waals surface area contributed by atoms with E-state index >= 15 is 0 Å². The molecule has 4 rings (SSSR count). The minimum absolute atomic E-state index is 0.0291. The number of Topliss-reactive ketones (excluding diaryl/α,β-unsaturated/α-hetero) is 2. The molecule has 1 fully saturated rings. The lowest BCUT2D eigenvalue weighted by atomic mass is 9.57. The van der Waals surface area contributed by atoms with Gasteiger partial charge in [0.2, 0.25) is 5.78 Å². The monoisotopic (exact) mass is 585 g/mol. The summed E-state index contributed by atoms with van der Waals surface area (Å²) in [5, 5.41) is 45.7. The number of fused-ring (bicyclic) bond motifs is 3. The van der Waals surface area contributed by atoms with E-state index in [1.54, 1.807) is 14.1 Å². The molecule has 0 bridgehead atoms. The minimum atomic E-state index is -2.68. The number of aliphatic hydroxyl groups is 3. The fourth-order valence-corrected chi connectivity index (χ4v) is 6.80. The number of anilines is 1. The van der Waals surface area contributed by atoms with Crippen molar-refractivity contribution in [2.45, 2.75) is 56.6 Å². The molecule has 4 atom stereocenters. The van der Waals surface area contributed by atoms with Gasteiger partial charge in [-0.25, -0.2) is 0 Å². The van der Waals surface area contributed by atoms with Crippen LogP contribution in [0.2, 0.25) is 0 Å². The molecule has 228 valence electrons. The van der Waals surface area contributed by atoms with Gasteiger partial charge in [0.05, 0.1) is 18.7 Å². The number of nitrogens with two attached hydrogens (primary N) is 1. The molecule has 0 heterocycles. The second-order valence-corrected chi connectivity index (χ2v) is 11.7. The number of amides is 1. The van der Waals surface area contributed by atoms with E-state index < -0.39 is 58.0 Å². The summed E-state index contributed by atoms with van der Waals surface area (Å²) in [5.41, 5.74) is 3.62. The quantitative estimate of drug-likeness (QED) is 0.159. The average molecular weight is 586 g/mol. The van der Waals surface area contributed by atoms with Crippen molar-refractivity contribution in [3.63, 3.8) is 0 Å². The molecule has 0 aromatic heterocycles. The van der Waals surface area contributed by atoms with E-state index in [-0.39, 0.29) is 42.1 Å². The Bertz CT molecular complexity index is 1410. The summed E-state index contributed by atoms with van der Waals surface area (Å²) in [7, 11) is 8.10. The van der Waals surface area contributed by atoms with Crippen molar-refractivity contribution in [3.8, 4) is 5.75 Å². The largest absolute Gasteiger partial charge is 0.508 e. The molecule has 6 N–H and O–H groups in total. The van der Waals surface area contributed by atoms with Crippen LogP contribution in [0.25, 0.3) is 5.76 Å². The molecule has 0 spiro atoms. The molecule has 0 unspecified atom stereocenters. The molecule has 0 aliphatic heterocycles. The van der Waals surface area contributed by atoms with Crippen molar-refractivity contribution in [3.05, 3.63) is 39.7 Å². The lowest BCUT2D eigenvalue weighted by Gasteiger charge is -2.50. The molecule has 1 saturated carbocycles. The summed E-state index contributed by atoms with van der Waals surface area (Å²) in [6.07, 6.45) is 2.93. The number of ether oxygens (including phenoxy) is 1. The number of phenols is 1. The number of rotatable bonds is 9. The maximum Gasteiger partial charge on any atom is 0.305 e. The average Bonchev–Trinajstić information content (AvgIpc) is 2.90. The SMILES string of the molecule is COC(=O)CCCCCc1cc(N(C)C)c2c(c1O)C(O)=C1C(=O)[C@]3(O)C(O)=C(C(N)=O)C(=O)[C@@H](N(C)C)[C@@H]3C[C@@H]1C2. The number of hydrogen-bond donors (Lipinski definition) is 5. The number of ketones is 2. The molecule has 1 amide bonds. The number of primary amides is 1. The third-order valence-electron chi connectivity index (χ3n) is 8.81. The normalized spacial score (nSPS) is 25.3. The first-order valence-corrected chi connectivity index (χ1v) is 13.9. The van der Waals surface area contributed by atoms with Gasteiger partial charge in [-0.1, -0.05) is 6.42 Å². The Labute approximate surface area is 244 Å². The van der Waals surface area contributed by atoms with Crippen LogP contribution < -0.4 is 10.6 Å². The maximum atomic E-state index is 14.1. The lowest BCUT2D eigenvalue weighted by molar-refractivity contribution is -0.153. The smallest absolute Gasteiger partial charge is 0.305 e. The highest BCUT2D eigenvalue weighted by Crippen LogP contribution is 2.54. The van der Waals surface area contributed by atoms with Gasteiger partial charge in [-0.2, -0.15) is 0 Å². The highest BCUT2D eigenvalue weighted by atomic mass is 16.5. The van der Waals surface area contributed by atoms with Gasteiger partial charge in [0.1, 0.15) is 22.8 Å². The van der Waals surface area contributed by atoms with Crippen LogP contribution in [-0.2, 0) is 36.8 Å². The van der Waals surface area contributed by atoms with E-state index in [1.807, 2.05) is 25.1 Å². The summed E-state index contributed by atoms with van der Waals surface area (Å²) < 4.78 is 4.67. The summed E-state index contributed by atoms with van der Waals surface area (Å²) >= 11 is 0. The van der Waals surface area contributed by atoms with Crippen LogP contribution in [0.4, 0.5) is 5.69 Å². The molecule has 12 nitrogen and oxygen atoms in total. The van der Waals surface area contributed by atoms with Gasteiger partial charge in [0, 0.05) is 37.7 Å². The zero-order chi connectivity index (χ0) is 31.3. The Hall–Kier alpha value is -3.90. The lowest BCUT2D eigenvalue weighted by Crippen LogP contribution is -2.65. The second kappa shape index (κ2) is 11.4. The van der Waals surface area contributed by atoms with Gasteiger partial charge >= 0.3 is 5.97 Å². The molecule has 0 radical (unpaired) electrons. The van der Waals surface area contributed by atoms with Crippen LogP contribution in [-0.4, -0.2) is 95.7 Å². The van der Waals surface area contributed by atoms with Crippen LogP contribution in [0.1, 0.15) is 48.8 Å². The predicted octanol–water partition coefficient (Wildman–Crippen LogP) is 1.31. The summed E-state index contributed by atoms with van der Waals surface area (Å²) in [5.74, 6) is -6.99. The van der Waals surface area contributed by atoms with Crippen LogP contribution >= 0.6 is 0 Å². The van der Waals surface area contributed by atoms with E-state index in [0.29, 0.717) is 36.8 Å². The van der Waals surface area contributed by atoms with Gasteiger partial charge in [-0.3, -0.25) is 24.1 Å². The first-order chi connectivity index (χ1) is 19.7. The number of carbonyl (C=O) groups excluding carboxylic acids is 4. The van der Waals surface area contributed by atoms with Crippen LogP contribution in [0.5, 0.6) is 5.75 Å². The second-order valence-electron chi connectivity index (χ2n) is 11.7.